The topological polar surface area (TPSA) is 95.8 Å². The molecule has 2 unspecified atom stereocenters. The zero-order valence-corrected chi connectivity index (χ0v) is 22.3. The van der Waals surface area contributed by atoms with Gasteiger partial charge >= 0.3 is 5.97 Å². The predicted molar refractivity (Wildman–Crippen MR) is 147 cm³/mol. The SMILES string of the molecule is COc1ccc2nccc([C@@H](O)CCC3CCN(CCCSc4cccnc4)CC3CCC(=O)O)c2c1. The van der Waals surface area contributed by atoms with Crippen molar-refractivity contribution in [2.24, 2.45) is 11.8 Å². The summed E-state index contributed by atoms with van der Waals surface area (Å²) >= 11 is 1.83. The first kappa shape index (κ1) is 27.4. The van der Waals surface area contributed by atoms with Gasteiger partial charge < -0.3 is 19.8 Å². The maximum absolute atomic E-state index is 11.3. The number of pyridine rings is 2. The van der Waals surface area contributed by atoms with Crippen LogP contribution >= 0.6 is 11.8 Å². The summed E-state index contributed by atoms with van der Waals surface area (Å²) < 4.78 is 5.37. The molecule has 198 valence electrons. The lowest BCUT2D eigenvalue weighted by Crippen LogP contribution is -2.41. The van der Waals surface area contributed by atoms with Crippen LogP contribution in [0.5, 0.6) is 5.75 Å². The number of methoxy groups -OCH3 is 1. The molecule has 1 fully saturated rings. The van der Waals surface area contributed by atoms with Crippen molar-refractivity contribution in [3.63, 3.8) is 0 Å². The number of aliphatic hydroxyl groups is 1. The monoisotopic (exact) mass is 523 g/mol. The van der Waals surface area contributed by atoms with E-state index in [2.05, 4.69) is 20.9 Å². The molecule has 1 aliphatic rings. The van der Waals surface area contributed by atoms with Gasteiger partial charge in [-0.1, -0.05) is 0 Å². The fourth-order valence-electron chi connectivity index (χ4n) is 5.38. The van der Waals surface area contributed by atoms with Crippen LogP contribution in [0.4, 0.5) is 0 Å². The van der Waals surface area contributed by atoms with Gasteiger partial charge in [0.1, 0.15) is 5.75 Å². The summed E-state index contributed by atoms with van der Waals surface area (Å²) in [5, 5.41) is 21.3. The van der Waals surface area contributed by atoms with Crippen LogP contribution in [0.25, 0.3) is 10.9 Å². The quantitative estimate of drug-likeness (QED) is 0.226. The molecule has 0 amide bonds. The normalized spacial score (nSPS) is 19.1. The van der Waals surface area contributed by atoms with Gasteiger partial charge in [0.05, 0.1) is 18.7 Å². The Labute approximate surface area is 223 Å². The van der Waals surface area contributed by atoms with Gasteiger partial charge in [0.2, 0.25) is 0 Å². The zero-order valence-electron chi connectivity index (χ0n) is 21.5. The maximum atomic E-state index is 11.3. The van der Waals surface area contributed by atoms with Crippen LogP contribution in [0, 0.1) is 11.8 Å². The minimum absolute atomic E-state index is 0.198. The van der Waals surface area contributed by atoms with Crippen LogP contribution in [0.2, 0.25) is 0 Å². The summed E-state index contributed by atoms with van der Waals surface area (Å²) in [4.78, 5) is 23.6. The van der Waals surface area contributed by atoms with E-state index in [1.807, 2.05) is 48.3 Å². The molecule has 8 heteroatoms. The van der Waals surface area contributed by atoms with Gasteiger partial charge in [0.15, 0.2) is 0 Å². The summed E-state index contributed by atoms with van der Waals surface area (Å²) in [6, 6.07) is 11.7. The lowest BCUT2D eigenvalue weighted by molar-refractivity contribution is -0.137. The first-order chi connectivity index (χ1) is 18.0. The molecule has 0 saturated carbocycles. The molecule has 37 heavy (non-hydrogen) atoms. The lowest BCUT2D eigenvalue weighted by atomic mass is 9.79. The average Bonchev–Trinajstić information content (AvgIpc) is 2.93. The molecular formula is C29H37N3O4S. The third-order valence-corrected chi connectivity index (χ3v) is 8.45. The predicted octanol–water partition coefficient (Wildman–Crippen LogP) is 5.44. The Morgan fingerprint density at radius 3 is 2.89 bits per heavy atom. The summed E-state index contributed by atoms with van der Waals surface area (Å²) in [6.07, 6.45) is 9.38. The first-order valence-electron chi connectivity index (χ1n) is 13.1. The van der Waals surface area contributed by atoms with Crippen molar-refractivity contribution in [3.8, 4) is 5.75 Å². The molecule has 3 heterocycles. The largest absolute Gasteiger partial charge is 0.497 e. The number of benzene rings is 1. The molecular weight excluding hydrogens is 486 g/mol. The maximum Gasteiger partial charge on any atom is 0.303 e. The second-order valence-electron chi connectivity index (χ2n) is 9.81. The molecule has 1 aromatic carbocycles. The first-order valence-corrected chi connectivity index (χ1v) is 14.1. The molecule has 0 spiro atoms. The second-order valence-corrected chi connectivity index (χ2v) is 11.0. The summed E-state index contributed by atoms with van der Waals surface area (Å²) in [7, 11) is 1.64. The molecule has 7 nitrogen and oxygen atoms in total. The molecule has 3 atom stereocenters. The number of thioether (sulfide) groups is 1. The molecule has 2 aromatic heterocycles. The van der Waals surface area contributed by atoms with Gasteiger partial charge in [0.25, 0.3) is 0 Å². The Balaban J connectivity index is 1.32. The zero-order chi connectivity index (χ0) is 26.0. The van der Waals surface area contributed by atoms with E-state index < -0.39 is 12.1 Å². The Kier molecular flexibility index (Phi) is 10.2. The summed E-state index contributed by atoms with van der Waals surface area (Å²) in [5.41, 5.74) is 1.71. The number of aromatic nitrogens is 2. The highest BCUT2D eigenvalue weighted by Gasteiger charge is 2.30. The van der Waals surface area contributed by atoms with Crippen molar-refractivity contribution >= 4 is 28.6 Å². The number of aliphatic hydroxyl groups excluding tert-OH is 1. The Hall–Kier alpha value is -2.68. The molecule has 0 radical (unpaired) electrons. The highest BCUT2D eigenvalue weighted by atomic mass is 32.2. The van der Waals surface area contributed by atoms with E-state index in [1.54, 1.807) is 19.5 Å². The van der Waals surface area contributed by atoms with E-state index in [-0.39, 0.29) is 6.42 Å². The lowest BCUT2D eigenvalue weighted by Gasteiger charge is -2.39. The number of hydrogen-bond acceptors (Lipinski definition) is 7. The van der Waals surface area contributed by atoms with Crippen molar-refractivity contribution in [2.75, 3.05) is 32.5 Å². The minimum Gasteiger partial charge on any atom is -0.497 e. The molecule has 1 saturated heterocycles. The number of aliphatic carboxylic acids is 1. The summed E-state index contributed by atoms with van der Waals surface area (Å²) in [6.45, 7) is 2.98. The number of fused-ring (bicyclic) bond motifs is 1. The van der Waals surface area contributed by atoms with E-state index in [4.69, 9.17) is 4.74 Å². The Morgan fingerprint density at radius 2 is 2.11 bits per heavy atom. The Bertz CT molecular complexity index is 1150. The Morgan fingerprint density at radius 1 is 1.22 bits per heavy atom. The van der Waals surface area contributed by atoms with E-state index in [1.165, 1.54) is 4.90 Å². The minimum atomic E-state index is -0.735. The van der Waals surface area contributed by atoms with Crippen LogP contribution < -0.4 is 4.74 Å². The molecule has 1 aliphatic heterocycles. The van der Waals surface area contributed by atoms with Gasteiger partial charge in [-0.15, -0.1) is 11.8 Å². The van der Waals surface area contributed by atoms with Gasteiger partial charge in [-0.05, 0) is 105 Å². The van der Waals surface area contributed by atoms with E-state index in [9.17, 15) is 15.0 Å². The molecule has 3 aromatic rings. The van der Waals surface area contributed by atoms with Crippen molar-refractivity contribution in [3.05, 3.63) is 60.6 Å². The third kappa shape index (κ3) is 7.90. The standard InChI is InChI=1S/C29H37N3O4S/c1-36-23-7-8-27-26(18-23)25(11-14-31-27)28(33)9-5-21-12-16-32(20-22(21)6-10-29(34)35)15-3-17-37-24-4-2-13-30-19-24/h2,4,7-8,11,13-14,18-19,21-22,28,33H,3,5-6,9-10,12,15-17,20H2,1H3,(H,34,35)/t21?,22?,28-/m0/s1. The van der Waals surface area contributed by atoms with Gasteiger partial charge in [-0.3, -0.25) is 14.8 Å². The van der Waals surface area contributed by atoms with Gasteiger partial charge in [-0.25, -0.2) is 0 Å². The number of likely N-dealkylation sites (tertiary alicyclic amines) is 1. The van der Waals surface area contributed by atoms with Crippen molar-refractivity contribution < 1.29 is 19.7 Å². The fourth-order valence-corrected chi connectivity index (χ4v) is 6.20. The average molecular weight is 524 g/mol. The second kappa shape index (κ2) is 13.7. The molecule has 2 N–H and O–H groups in total. The molecule has 0 bridgehead atoms. The molecule has 4 rings (SSSR count). The number of hydrogen-bond donors (Lipinski definition) is 2. The van der Waals surface area contributed by atoms with Crippen molar-refractivity contribution in [2.45, 2.75) is 49.5 Å². The van der Waals surface area contributed by atoms with Crippen LogP contribution in [0.3, 0.4) is 0 Å². The number of rotatable bonds is 13. The molecule has 0 aliphatic carbocycles. The van der Waals surface area contributed by atoms with E-state index >= 15 is 0 Å². The van der Waals surface area contributed by atoms with Crippen LogP contribution in [-0.2, 0) is 4.79 Å². The number of piperidine rings is 1. The highest BCUT2D eigenvalue weighted by Crippen LogP contribution is 2.35. The van der Waals surface area contributed by atoms with Crippen molar-refractivity contribution in [1.29, 1.82) is 0 Å². The van der Waals surface area contributed by atoms with E-state index in [0.717, 1.165) is 66.9 Å². The van der Waals surface area contributed by atoms with Crippen LogP contribution in [0.15, 0.2) is 59.9 Å². The third-order valence-electron chi connectivity index (χ3n) is 7.38. The van der Waals surface area contributed by atoms with Gasteiger partial charge in [0, 0.05) is 41.8 Å². The summed E-state index contributed by atoms with van der Waals surface area (Å²) in [5.74, 6) is 1.80. The number of carboxylic acid groups (broad SMARTS) is 1. The van der Waals surface area contributed by atoms with Crippen LogP contribution in [-0.4, -0.2) is 63.5 Å². The fraction of sp³-hybridized carbons (Fsp3) is 0.483. The number of carboxylic acids is 1. The van der Waals surface area contributed by atoms with Crippen LogP contribution in [0.1, 0.15) is 50.2 Å². The highest BCUT2D eigenvalue weighted by molar-refractivity contribution is 7.99. The van der Waals surface area contributed by atoms with E-state index in [0.29, 0.717) is 24.7 Å². The number of carbonyl (C=O) groups is 1. The van der Waals surface area contributed by atoms with Crippen molar-refractivity contribution in [1.82, 2.24) is 14.9 Å². The number of nitrogens with zero attached hydrogens (tertiary/aromatic N) is 3. The number of ether oxygens (including phenoxy) is 1. The van der Waals surface area contributed by atoms with Gasteiger partial charge in [-0.2, -0.15) is 0 Å². The smallest absolute Gasteiger partial charge is 0.303 e.